The maximum Gasteiger partial charge on any atom is 0.318 e. The number of fused-ring (bicyclic) bond motifs is 4. The highest BCUT2D eigenvalue weighted by Crippen LogP contribution is 2.48. The number of nitrogens with zero attached hydrogens (tertiary/aromatic N) is 5. The lowest BCUT2D eigenvalue weighted by atomic mass is 9.72. The van der Waals surface area contributed by atoms with Crippen LogP contribution in [0.4, 0.5) is 15.9 Å². The van der Waals surface area contributed by atoms with Gasteiger partial charge in [0.25, 0.3) is 0 Å². The first-order valence-corrected chi connectivity index (χ1v) is 14.0. The van der Waals surface area contributed by atoms with E-state index in [2.05, 4.69) is 21.3 Å². The van der Waals surface area contributed by atoms with Gasteiger partial charge in [-0.1, -0.05) is 6.07 Å². The van der Waals surface area contributed by atoms with Gasteiger partial charge in [0.2, 0.25) is 0 Å². The number of aromatic nitrogens is 3. The Labute approximate surface area is 231 Å². The molecule has 2 aromatic heterocycles. The largest absolute Gasteiger partial charge is 0.461 e. The van der Waals surface area contributed by atoms with E-state index in [1.807, 2.05) is 12.1 Å². The smallest absolute Gasteiger partial charge is 0.318 e. The van der Waals surface area contributed by atoms with Crippen LogP contribution >= 0.6 is 0 Å². The van der Waals surface area contributed by atoms with Gasteiger partial charge in [0.1, 0.15) is 36.5 Å². The summed E-state index contributed by atoms with van der Waals surface area (Å²) in [5.41, 5.74) is 10.6. The summed E-state index contributed by atoms with van der Waals surface area (Å²) >= 11 is 0. The van der Waals surface area contributed by atoms with Crippen molar-refractivity contribution < 1.29 is 18.3 Å². The molecule has 4 aliphatic rings. The molecule has 0 bridgehead atoms. The summed E-state index contributed by atoms with van der Waals surface area (Å²) in [6, 6.07) is 6.40. The normalized spacial score (nSPS) is 27.1. The molecule has 0 radical (unpaired) electrons. The Morgan fingerprint density at radius 1 is 1.27 bits per heavy atom. The van der Waals surface area contributed by atoms with Gasteiger partial charge in [-0.2, -0.15) is 15.2 Å². The van der Waals surface area contributed by atoms with Crippen molar-refractivity contribution in [1.29, 1.82) is 5.26 Å². The lowest BCUT2D eigenvalue weighted by Gasteiger charge is -2.43. The molecule has 5 heterocycles. The molecule has 3 aromatic rings. The van der Waals surface area contributed by atoms with Crippen molar-refractivity contribution in [1.82, 2.24) is 19.9 Å². The van der Waals surface area contributed by atoms with Crippen molar-refractivity contribution in [3.63, 3.8) is 0 Å². The second kappa shape index (κ2) is 9.71. The van der Waals surface area contributed by atoms with Gasteiger partial charge < -0.3 is 24.9 Å². The predicted molar refractivity (Wildman–Crippen MR) is 143 cm³/mol. The Morgan fingerprint density at radius 3 is 3.05 bits per heavy atom. The zero-order chi connectivity index (χ0) is 27.3. The number of rotatable bonds is 6. The van der Waals surface area contributed by atoms with E-state index in [0.717, 1.165) is 66.7 Å². The number of ether oxygens (including phenoxy) is 2. The first-order chi connectivity index (χ1) is 19.5. The van der Waals surface area contributed by atoms with Gasteiger partial charge in [0.15, 0.2) is 6.39 Å². The first kappa shape index (κ1) is 25.2. The van der Waals surface area contributed by atoms with Crippen LogP contribution in [-0.2, 0) is 36.3 Å². The molecule has 1 aliphatic carbocycles. The molecule has 0 saturated carbocycles. The molecule has 1 aromatic carbocycles. The highest BCUT2D eigenvalue weighted by atomic mass is 19.1. The van der Waals surface area contributed by atoms with E-state index >= 15 is 0 Å². The van der Waals surface area contributed by atoms with Gasteiger partial charge in [0.05, 0.1) is 35.6 Å². The monoisotopic (exact) mass is 545 g/mol. The van der Waals surface area contributed by atoms with E-state index in [1.165, 1.54) is 6.39 Å². The van der Waals surface area contributed by atoms with Gasteiger partial charge in [-0.3, -0.25) is 4.90 Å². The van der Waals surface area contributed by atoms with Crippen molar-refractivity contribution in [2.75, 3.05) is 30.7 Å². The average molecular weight is 546 g/mol. The second-order valence-electron chi connectivity index (χ2n) is 11.5. The molecule has 3 N–H and O–H groups in total. The summed E-state index contributed by atoms with van der Waals surface area (Å²) in [7, 11) is 0. The molecule has 2 fully saturated rings. The molecule has 2 saturated heterocycles. The zero-order valence-electron chi connectivity index (χ0n) is 22.3. The van der Waals surface area contributed by atoms with Gasteiger partial charge in [-0.05, 0) is 50.3 Å². The maximum atomic E-state index is 14.4. The number of nitrogens with one attached hydrogen (secondary N) is 1. The zero-order valence-corrected chi connectivity index (χ0v) is 22.3. The maximum absolute atomic E-state index is 14.4. The number of halogens is 1. The fraction of sp³-hybridized carbons (Fsp3) is 0.517. The molecule has 7 rings (SSSR count). The molecule has 40 heavy (non-hydrogen) atoms. The molecular formula is C29H32FN7O3. The molecule has 10 nitrogen and oxygen atoms in total. The SMILES string of the molecule is N#Cc1c(N)ccc2c1[C@]1(CCC2)Cc2nc(OCC34CCCN3C[C@H](F)C4)nc(NCc3cocn3)c2CO1. The van der Waals surface area contributed by atoms with Crippen LogP contribution in [0.15, 0.2) is 29.2 Å². The summed E-state index contributed by atoms with van der Waals surface area (Å²) in [5, 5.41) is 13.4. The van der Waals surface area contributed by atoms with E-state index in [4.69, 9.17) is 29.6 Å². The third-order valence-electron chi connectivity index (χ3n) is 9.09. The minimum atomic E-state index is -0.835. The lowest BCUT2D eigenvalue weighted by Crippen LogP contribution is -2.44. The predicted octanol–water partition coefficient (Wildman–Crippen LogP) is 3.79. The van der Waals surface area contributed by atoms with E-state index in [0.29, 0.717) is 49.6 Å². The van der Waals surface area contributed by atoms with E-state index in [-0.39, 0.29) is 18.2 Å². The Kier molecular flexibility index (Phi) is 6.13. The minimum Gasteiger partial charge on any atom is -0.461 e. The number of anilines is 2. The van der Waals surface area contributed by atoms with Crippen LogP contribution in [0.2, 0.25) is 0 Å². The number of nitriles is 1. The van der Waals surface area contributed by atoms with E-state index < -0.39 is 11.8 Å². The van der Waals surface area contributed by atoms with Crippen molar-refractivity contribution in [2.24, 2.45) is 0 Å². The summed E-state index contributed by atoms with van der Waals surface area (Å²) in [5.74, 6) is 0.609. The fourth-order valence-corrected chi connectivity index (χ4v) is 7.22. The Balaban J connectivity index is 1.24. The molecule has 1 unspecified atom stereocenters. The van der Waals surface area contributed by atoms with E-state index in [1.54, 1.807) is 6.26 Å². The number of benzene rings is 1. The van der Waals surface area contributed by atoms with E-state index in [9.17, 15) is 9.65 Å². The summed E-state index contributed by atoms with van der Waals surface area (Å²) in [4.78, 5) is 16.0. The number of hydrogen-bond donors (Lipinski definition) is 2. The molecule has 3 atom stereocenters. The van der Waals surface area contributed by atoms with Crippen LogP contribution < -0.4 is 15.8 Å². The van der Waals surface area contributed by atoms with Crippen LogP contribution in [-0.4, -0.2) is 51.3 Å². The summed E-state index contributed by atoms with van der Waals surface area (Å²) in [6.45, 7) is 2.38. The minimum absolute atomic E-state index is 0.256. The highest BCUT2D eigenvalue weighted by molar-refractivity contribution is 5.63. The van der Waals surface area contributed by atoms with Gasteiger partial charge in [-0.15, -0.1) is 0 Å². The van der Waals surface area contributed by atoms with Crippen molar-refractivity contribution in [3.05, 3.63) is 58.4 Å². The topological polar surface area (TPSA) is 135 Å². The quantitative estimate of drug-likeness (QED) is 0.440. The number of oxazole rings is 1. The van der Waals surface area contributed by atoms with Crippen LogP contribution in [0.1, 0.15) is 65.7 Å². The Morgan fingerprint density at radius 2 is 2.20 bits per heavy atom. The van der Waals surface area contributed by atoms with Crippen LogP contribution in [0.25, 0.3) is 0 Å². The molecule has 11 heteroatoms. The number of alkyl halides is 1. The molecule has 208 valence electrons. The molecular weight excluding hydrogens is 513 g/mol. The second-order valence-corrected chi connectivity index (χ2v) is 11.5. The van der Waals surface area contributed by atoms with Gasteiger partial charge >= 0.3 is 6.01 Å². The number of aryl methyl sites for hydroxylation is 1. The van der Waals surface area contributed by atoms with Crippen molar-refractivity contribution in [2.45, 2.75) is 75.4 Å². The fourth-order valence-electron chi connectivity index (χ4n) is 7.22. The standard InChI is InChI=1S/C29H32FN7O3/c30-19-9-28(6-2-8-37(28)13-19)16-39-27-35-24-10-29(7-1-3-18-4-5-23(32)21(11-31)25(18)29)40-15-22(24)26(36-27)33-12-20-14-38-17-34-20/h4-5,14,17,19H,1-3,6-10,12-13,15-16,32H2,(H,33,35,36)/t19-,28?,29+/m1/s1. The van der Waals surface area contributed by atoms with Gasteiger partial charge in [-0.25, -0.2) is 9.37 Å². The van der Waals surface area contributed by atoms with Crippen LogP contribution in [0, 0.1) is 11.3 Å². The third-order valence-corrected chi connectivity index (χ3v) is 9.09. The highest BCUT2D eigenvalue weighted by Gasteiger charge is 2.50. The summed E-state index contributed by atoms with van der Waals surface area (Å²) < 4.78 is 32.4. The number of hydrogen-bond acceptors (Lipinski definition) is 10. The Bertz CT molecular complexity index is 1480. The number of nitrogens with two attached hydrogens (primary N) is 1. The lowest BCUT2D eigenvalue weighted by molar-refractivity contribution is -0.0856. The Hall–Kier alpha value is -3.75. The third kappa shape index (κ3) is 4.17. The first-order valence-electron chi connectivity index (χ1n) is 14.0. The van der Waals surface area contributed by atoms with Crippen LogP contribution in [0.5, 0.6) is 6.01 Å². The summed E-state index contributed by atoms with van der Waals surface area (Å²) in [6.07, 6.45) is 7.59. The van der Waals surface area contributed by atoms with Crippen molar-refractivity contribution in [3.8, 4) is 12.1 Å². The molecule has 0 amide bonds. The average Bonchev–Trinajstić information content (AvgIpc) is 3.67. The van der Waals surface area contributed by atoms with Crippen LogP contribution in [0.3, 0.4) is 0 Å². The molecule has 3 aliphatic heterocycles. The van der Waals surface area contributed by atoms with Crippen molar-refractivity contribution >= 4 is 11.5 Å². The number of nitrogen functional groups attached to an aromatic ring is 1. The van der Waals surface area contributed by atoms with Gasteiger partial charge in [0, 0.05) is 36.2 Å². The molecule has 1 spiro atoms.